The zero-order valence-electron chi connectivity index (χ0n) is 60.6. The van der Waals surface area contributed by atoms with E-state index in [-0.39, 0.29) is 121 Å². The molecule has 6 rings (SSSR count). The number of amides is 13. The average molecular weight is 1460 g/mol. The minimum atomic E-state index is -0.969. The highest BCUT2D eigenvalue weighted by atomic mass is 32.2. The van der Waals surface area contributed by atoms with Gasteiger partial charge in [0.05, 0.1) is 36.3 Å². The minimum Gasteiger partial charge on any atom is -0.508 e. The molecule has 0 radical (unpaired) electrons. The number of primary amides is 2. The number of carbonyl (C=O) groups excluding carboxylic acids is 11. The molecule has 28 nitrogen and oxygen atoms in total. The number of nitrogens with one attached hydrogen (secondary N) is 13. The maximum absolute atomic E-state index is 13.4. The Bertz CT molecular complexity index is 2990. The highest BCUT2D eigenvalue weighted by molar-refractivity contribution is 8.00. The Morgan fingerprint density at radius 3 is 1.25 bits per heavy atom. The van der Waals surface area contributed by atoms with Crippen molar-refractivity contribution in [2.75, 3.05) is 44.2 Å². The van der Waals surface area contributed by atoms with Gasteiger partial charge in [0.15, 0.2) is 0 Å². The number of urea groups is 2. The minimum absolute atomic E-state index is 0.0111. The summed E-state index contributed by atoms with van der Waals surface area (Å²) in [6.45, 7) is 14.4. The number of phenols is 2. The van der Waals surface area contributed by atoms with Gasteiger partial charge in [0.2, 0.25) is 53.2 Å². The van der Waals surface area contributed by atoms with Crippen LogP contribution in [0.3, 0.4) is 0 Å². The lowest BCUT2D eigenvalue weighted by molar-refractivity contribution is -0.132. The Morgan fingerprint density at radius 2 is 0.824 bits per heavy atom. The van der Waals surface area contributed by atoms with Gasteiger partial charge in [-0.2, -0.15) is 23.5 Å². The van der Waals surface area contributed by atoms with E-state index in [0.717, 1.165) is 61.2 Å². The van der Waals surface area contributed by atoms with Crippen molar-refractivity contribution < 1.29 is 63.0 Å². The van der Waals surface area contributed by atoms with Gasteiger partial charge in [0.1, 0.15) is 35.7 Å². The van der Waals surface area contributed by atoms with Crippen LogP contribution in [0.5, 0.6) is 11.5 Å². The molecule has 13 amide bonds. The molecule has 30 heteroatoms. The molecule has 0 spiro atoms. The van der Waals surface area contributed by atoms with Crippen LogP contribution in [0.15, 0.2) is 48.5 Å². The van der Waals surface area contributed by atoms with Crippen molar-refractivity contribution in [1.29, 1.82) is 0 Å². The fourth-order valence-corrected chi connectivity index (χ4v) is 15.9. The summed E-state index contributed by atoms with van der Waals surface area (Å²) in [5, 5.41) is 58.3. The standard InChI is InChI=1S/C39H64N8O7S.C33H53N7O6S/c1-4-41-29(22-25(2)3)38(53)45-30(23-26-16-18-27(48)19-17-26)37(52)43-21-10-5-6-15-34(50)44-28(36(40)51)12-9-11-20-42-33(49)14-8-7-13-32-35-31(24-55-32)46-39(54)47-35;1-4-35-24(17-20(2)3)31(44)38-25(18-21-12-14-22(41)15-13-21)32(45)37-23(30(34)43)9-7-8-16-36-28(42)11-6-5-10-27-29-26(19-47-27)39-33(46)40-29/h16-19,25,28-32,35,41,48H,4-15,20-24H2,1-3H3,(H2,40,51)(H,42,49)(H,43,52)(H,44,50)(H,45,53)(H2,46,47,54);12-15,20,23-27,29,35,41H,4-11,16-19H2,1-3H3,(H2,34,43)(H,36,42)(H,37,45)(H,38,44)(H2,39,40,46)/t28-,29-,30-,31?,32?,35?;23-,24+,25+,26?,27?,29?/m01/s1. The molecule has 4 heterocycles. The van der Waals surface area contributed by atoms with E-state index in [4.69, 9.17) is 11.5 Å². The van der Waals surface area contributed by atoms with E-state index >= 15 is 0 Å². The lowest BCUT2D eigenvalue weighted by Gasteiger charge is -2.25. The van der Waals surface area contributed by atoms with Crippen LogP contribution >= 0.6 is 23.5 Å². The smallest absolute Gasteiger partial charge is 0.315 e. The van der Waals surface area contributed by atoms with Crippen LogP contribution in [0.2, 0.25) is 0 Å². The molecule has 0 aliphatic carbocycles. The summed E-state index contributed by atoms with van der Waals surface area (Å²) in [6, 6.07) is 9.06. The van der Waals surface area contributed by atoms with Gasteiger partial charge in [-0.05, 0) is 150 Å². The largest absolute Gasteiger partial charge is 0.508 e. The molecule has 0 aromatic heterocycles. The lowest BCUT2D eigenvalue weighted by Crippen LogP contribution is -2.56. The fraction of sp³-hybridized carbons (Fsp3) is 0.681. The van der Waals surface area contributed by atoms with E-state index < -0.39 is 54.0 Å². The average Bonchev–Trinajstić information content (AvgIpc) is 1.61. The van der Waals surface area contributed by atoms with Crippen LogP contribution in [0.25, 0.3) is 0 Å². The van der Waals surface area contributed by atoms with Gasteiger partial charge in [0, 0.05) is 73.7 Å². The topological polar surface area (TPSA) is 437 Å². The maximum atomic E-state index is 13.4. The van der Waals surface area contributed by atoms with Crippen LogP contribution in [-0.4, -0.2) is 191 Å². The van der Waals surface area contributed by atoms with Gasteiger partial charge in [0.25, 0.3) is 0 Å². The Kier molecular flexibility index (Phi) is 38.5. The van der Waals surface area contributed by atoms with Gasteiger partial charge in [-0.25, -0.2) is 9.59 Å². The van der Waals surface area contributed by atoms with Crippen molar-refractivity contribution in [3.05, 3.63) is 59.7 Å². The third kappa shape index (κ3) is 32.0. The first kappa shape index (κ1) is 85.1. The summed E-state index contributed by atoms with van der Waals surface area (Å²) in [6.07, 6.45) is 12.9. The summed E-state index contributed by atoms with van der Waals surface area (Å²) in [4.78, 5) is 138. The van der Waals surface area contributed by atoms with E-state index in [9.17, 15) is 63.0 Å². The highest BCUT2D eigenvalue weighted by Crippen LogP contribution is 2.34. The number of thioether (sulfide) groups is 2. The number of hydrogen-bond acceptors (Lipinski definition) is 17. The normalized spacial score (nSPS) is 19.7. The number of nitrogens with two attached hydrogens (primary N) is 2. The van der Waals surface area contributed by atoms with E-state index in [0.29, 0.717) is 120 Å². The van der Waals surface area contributed by atoms with Crippen molar-refractivity contribution in [2.24, 2.45) is 23.3 Å². The van der Waals surface area contributed by atoms with Crippen LogP contribution in [0.4, 0.5) is 9.59 Å². The molecule has 19 N–H and O–H groups in total. The van der Waals surface area contributed by atoms with Crippen LogP contribution < -0.4 is 80.6 Å². The van der Waals surface area contributed by atoms with Crippen molar-refractivity contribution in [2.45, 2.75) is 254 Å². The summed E-state index contributed by atoms with van der Waals surface area (Å²) in [5.74, 6) is -0.395. The van der Waals surface area contributed by atoms with E-state index in [1.165, 1.54) is 12.1 Å². The molecule has 4 saturated heterocycles. The lowest BCUT2D eigenvalue weighted by atomic mass is 10.0. The molecule has 2 aromatic rings. The number of benzene rings is 2. The van der Waals surface area contributed by atoms with Crippen molar-refractivity contribution in [1.82, 2.24) is 69.1 Å². The predicted octanol–water partition coefficient (Wildman–Crippen LogP) is 3.53. The molecule has 4 fully saturated rings. The summed E-state index contributed by atoms with van der Waals surface area (Å²) >= 11 is 3.73. The van der Waals surface area contributed by atoms with E-state index in [2.05, 4.69) is 69.1 Å². The third-order valence-electron chi connectivity index (χ3n) is 18.3. The van der Waals surface area contributed by atoms with Crippen molar-refractivity contribution in [3.8, 4) is 11.5 Å². The van der Waals surface area contributed by atoms with Crippen molar-refractivity contribution in [3.63, 3.8) is 0 Å². The number of fused-ring (bicyclic) bond motifs is 2. The zero-order valence-corrected chi connectivity index (χ0v) is 62.2. The maximum Gasteiger partial charge on any atom is 0.315 e. The summed E-state index contributed by atoms with van der Waals surface area (Å²) in [7, 11) is 0. The molecule has 12 atom stereocenters. The number of hydrogen-bond donors (Lipinski definition) is 17. The number of unbranched alkanes of at least 4 members (excludes halogenated alkanes) is 6. The molecule has 2 aromatic carbocycles. The van der Waals surface area contributed by atoms with Crippen LogP contribution in [0.1, 0.15) is 181 Å². The molecule has 570 valence electrons. The first-order chi connectivity index (χ1) is 48.8. The molecular formula is C72H117N15O13S2. The number of phenolic OH excluding ortho intramolecular Hbond substituents is 2. The molecule has 4 aliphatic rings. The highest BCUT2D eigenvalue weighted by Gasteiger charge is 2.44. The second-order valence-electron chi connectivity index (χ2n) is 27.9. The Hall–Kier alpha value is -7.57. The summed E-state index contributed by atoms with van der Waals surface area (Å²) < 4.78 is 0. The van der Waals surface area contributed by atoms with Gasteiger partial charge in [-0.3, -0.25) is 43.2 Å². The van der Waals surface area contributed by atoms with E-state index in [1.807, 2.05) is 65.1 Å². The summed E-state index contributed by atoms with van der Waals surface area (Å²) in [5.41, 5.74) is 12.7. The molecule has 102 heavy (non-hydrogen) atoms. The number of carbonyl (C=O) groups is 11. The number of aromatic hydroxyl groups is 2. The number of rotatable bonds is 48. The van der Waals surface area contributed by atoms with Crippen LogP contribution in [-0.2, 0) is 56.0 Å². The Morgan fingerprint density at radius 1 is 0.451 bits per heavy atom. The SMILES string of the molecule is CCN[C@@H](CC(C)C)C(=O)N[C@@H](Cc1ccc(O)cc1)C(=O)NCCCCCC(=O)N[C@@H](CCCCNC(=O)CCCCC1SCC2NC(=O)NC21)C(N)=O.CCN[C@@H](CC(C)C)C(=O)N[C@@H](Cc1ccc(O)cc1)C(=O)N[C@H](CCCCNC(=O)CCCCC1SCC2NC(=O)NC21)C(N)=O. The fourth-order valence-electron chi connectivity index (χ4n) is 12.9. The predicted molar refractivity (Wildman–Crippen MR) is 397 cm³/mol. The molecule has 0 bridgehead atoms. The monoisotopic (exact) mass is 1460 g/mol. The second-order valence-corrected chi connectivity index (χ2v) is 30.4. The molecule has 0 saturated carbocycles. The van der Waals surface area contributed by atoms with Gasteiger partial charge >= 0.3 is 12.1 Å². The number of likely N-dealkylation sites (N-methyl/N-ethyl adjacent to an activating group) is 2. The van der Waals surface area contributed by atoms with Gasteiger partial charge in [-0.1, -0.05) is 85.1 Å². The second kappa shape index (κ2) is 46.2. The molecular weight excluding hydrogens is 1350 g/mol. The van der Waals surface area contributed by atoms with E-state index in [1.54, 1.807) is 36.4 Å². The Balaban J connectivity index is 0.000000372. The molecule has 4 aliphatic heterocycles. The van der Waals surface area contributed by atoms with Crippen molar-refractivity contribution >= 4 is 88.8 Å². The quantitative estimate of drug-likeness (QED) is 0.0333. The van der Waals surface area contributed by atoms with Crippen LogP contribution in [0, 0.1) is 11.8 Å². The molecule has 6 unspecified atom stereocenters. The van der Waals surface area contributed by atoms with Gasteiger partial charge < -0.3 is 90.8 Å². The zero-order chi connectivity index (χ0) is 74.5. The third-order valence-corrected chi connectivity index (χ3v) is 21.3. The Labute approximate surface area is 610 Å². The first-order valence-corrected chi connectivity index (χ1v) is 38.9. The first-order valence-electron chi connectivity index (χ1n) is 36.8. The van der Waals surface area contributed by atoms with Gasteiger partial charge in [-0.15, -0.1) is 0 Å².